The first-order valence-corrected chi connectivity index (χ1v) is 24.5. The van der Waals surface area contributed by atoms with E-state index in [0.717, 1.165) is 16.2 Å². The number of aromatic hydroxyl groups is 2. The van der Waals surface area contributed by atoms with E-state index in [1.165, 1.54) is 62.5 Å². The van der Waals surface area contributed by atoms with Crippen molar-refractivity contribution in [3.05, 3.63) is 95.6 Å². The van der Waals surface area contributed by atoms with Gasteiger partial charge in [0.2, 0.25) is 41.4 Å². The fraction of sp³-hybridized carbons (Fsp3) is 0.481. The van der Waals surface area contributed by atoms with Crippen molar-refractivity contribution in [3.8, 4) is 11.5 Å². The number of rotatable bonds is 16. The Morgan fingerprint density at radius 1 is 0.740 bits per heavy atom. The van der Waals surface area contributed by atoms with Crippen molar-refractivity contribution < 1.29 is 68.3 Å². The highest BCUT2D eigenvalue weighted by molar-refractivity contribution is 5.99. The largest absolute Gasteiger partial charge is 0.508 e. The third kappa shape index (κ3) is 15.7. The number of phenolic OH excluding ortho intramolecular Hbond substituents is 2. The number of fused-ring (bicyclic) bond motifs is 2. The Bertz CT molecular complexity index is 2440. The van der Waals surface area contributed by atoms with Gasteiger partial charge in [-0.05, 0) is 73.1 Å². The second-order valence-corrected chi connectivity index (χ2v) is 18.9. The molecule has 7 amide bonds. The van der Waals surface area contributed by atoms with Crippen molar-refractivity contribution in [2.24, 2.45) is 5.92 Å². The third-order valence-corrected chi connectivity index (χ3v) is 12.9. The normalized spacial score (nSPS) is 23.9. The molecule has 3 aromatic carbocycles. The summed E-state index contributed by atoms with van der Waals surface area (Å²) in [6, 6.07) is 9.13. The quantitative estimate of drug-likeness (QED) is 0.0723. The molecule has 0 aliphatic carbocycles. The molecule has 0 unspecified atom stereocenters. The fourth-order valence-electron chi connectivity index (χ4n) is 8.71. The van der Waals surface area contributed by atoms with E-state index in [4.69, 9.17) is 4.74 Å². The first-order valence-electron chi connectivity index (χ1n) is 24.5. The van der Waals surface area contributed by atoms with Gasteiger partial charge in [0.05, 0.1) is 6.42 Å². The van der Waals surface area contributed by atoms with Crippen LogP contribution in [0.5, 0.6) is 11.5 Å². The number of hydrogen-bond donors (Lipinski definition) is 9. The minimum atomic E-state index is -1.91. The predicted octanol–water partition coefficient (Wildman–Crippen LogP) is 1.34. The summed E-state index contributed by atoms with van der Waals surface area (Å²) < 4.78 is 5.86. The monoisotopic (exact) mass is 1010 g/mol. The van der Waals surface area contributed by atoms with Crippen LogP contribution in [0.25, 0.3) is 0 Å². The number of nitrogens with one attached hydrogen (secondary N) is 5. The molecular formula is C52H67N7O14. The van der Waals surface area contributed by atoms with Gasteiger partial charge in [-0.2, -0.15) is 0 Å². The first kappa shape index (κ1) is 56.4. The zero-order chi connectivity index (χ0) is 53.5. The topological polar surface area (TPSA) is 310 Å². The van der Waals surface area contributed by atoms with Gasteiger partial charge in [-0.25, -0.2) is 4.79 Å². The summed E-state index contributed by atoms with van der Waals surface area (Å²) in [7, 11) is 1.34. The Hall–Kier alpha value is -7.55. The highest BCUT2D eigenvalue weighted by Crippen LogP contribution is 2.26. The fourth-order valence-corrected chi connectivity index (χ4v) is 8.71. The van der Waals surface area contributed by atoms with Gasteiger partial charge in [0.15, 0.2) is 0 Å². The lowest BCUT2D eigenvalue weighted by Crippen LogP contribution is -2.65. The van der Waals surface area contributed by atoms with E-state index in [9.17, 15) is 58.8 Å². The molecule has 2 aliphatic heterocycles. The number of carbonyl (C=O) groups is 9. The lowest BCUT2D eigenvalue weighted by Gasteiger charge is -2.43. The van der Waals surface area contributed by atoms with E-state index in [2.05, 4.69) is 26.6 Å². The third-order valence-electron chi connectivity index (χ3n) is 12.9. The van der Waals surface area contributed by atoms with Crippen molar-refractivity contribution in [1.82, 2.24) is 36.4 Å². The summed E-state index contributed by atoms with van der Waals surface area (Å²) in [6.45, 7) is 6.33. The van der Waals surface area contributed by atoms with Gasteiger partial charge in [-0.3, -0.25) is 38.4 Å². The van der Waals surface area contributed by atoms with E-state index in [1.807, 2.05) is 6.92 Å². The van der Waals surface area contributed by atoms with Crippen molar-refractivity contribution in [1.29, 1.82) is 0 Å². The number of hydrogen-bond acceptors (Lipinski definition) is 13. The number of carbonyl (C=O) groups excluding carboxylic acids is 8. The molecule has 394 valence electrons. The van der Waals surface area contributed by atoms with Crippen LogP contribution in [-0.4, -0.2) is 145 Å². The molecule has 73 heavy (non-hydrogen) atoms. The van der Waals surface area contributed by atoms with Gasteiger partial charge < -0.3 is 61.5 Å². The minimum Gasteiger partial charge on any atom is -0.508 e. The number of likely N-dealkylation sites (N-methyl/N-ethyl adjacent to an activating group) is 1. The van der Waals surface area contributed by atoms with Gasteiger partial charge in [0.25, 0.3) is 0 Å². The van der Waals surface area contributed by atoms with E-state index < -0.39 is 120 Å². The van der Waals surface area contributed by atoms with Gasteiger partial charge in [-0.15, -0.1) is 0 Å². The van der Waals surface area contributed by atoms with Crippen molar-refractivity contribution in [3.63, 3.8) is 0 Å². The predicted molar refractivity (Wildman–Crippen MR) is 263 cm³/mol. The minimum absolute atomic E-state index is 0.0286. The number of cyclic esters (lactones) is 1. The molecule has 2 saturated heterocycles. The lowest BCUT2D eigenvalue weighted by atomic mass is 9.95. The van der Waals surface area contributed by atoms with Crippen LogP contribution in [0, 0.1) is 5.92 Å². The first-order chi connectivity index (χ1) is 34.7. The average Bonchev–Trinajstić information content (AvgIpc) is 3.34. The van der Waals surface area contributed by atoms with Gasteiger partial charge in [-0.1, -0.05) is 88.2 Å². The van der Waals surface area contributed by atoms with Crippen LogP contribution in [0.3, 0.4) is 0 Å². The number of piperidine rings is 1. The summed E-state index contributed by atoms with van der Waals surface area (Å²) >= 11 is 0. The van der Waals surface area contributed by atoms with Gasteiger partial charge in [0.1, 0.15) is 66.1 Å². The number of benzene rings is 3. The molecule has 21 heteroatoms. The van der Waals surface area contributed by atoms with Crippen LogP contribution in [0.15, 0.2) is 78.9 Å². The molecule has 2 aliphatic rings. The SMILES string of the molecule is CCCCCC(=O)N[C@@H](CC(=O)O)C(=O)N[C@H]1C(=O)N[C@H](Cc2ccc(O)cc2)C(=O)N[C@@H]2CC[C@@H](O)N(C2=O)[C@H](Cc2ccccc2)C(=O)N(C)[C@H](Cc2ccc(O)cc2)C(=O)N[C@H](C(C)C)C(=O)O[C@@H]1C. The number of phenols is 2. The molecule has 0 spiro atoms. The molecule has 5 rings (SSSR count). The van der Waals surface area contributed by atoms with Crippen molar-refractivity contribution >= 4 is 53.3 Å². The standard InChI is InChI=1S/C52H67N7O14/c1-6-7-9-14-41(62)53-38(28-43(64)65)47(67)57-45-30(4)73-52(72)44(29(2)3)56-48(68)39(26-33-17-21-35(61)22-18-33)58(5)51(71)40(27-31-12-10-8-11-13-31)59-42(63)24-23-36(50(59)70)54-46(66)37(55-49(45)69)25-32-15-19-34(60)20-16-32/h8,10-13,15-22,29-30,36-40,42,44-45,60-61,63H,6-7,9,14,23-28H2,1-5H3,(H,53,62)(H,54,66)(H,55,69)(H,56,68)(H,57,67)(H,64,65)/t30-,36-,37-,38+,39-,40-,42-,44-,45-/m1/s1. The van der Waals surface area contributed by atoms with E-state index in [1.54, 1.807) is 44.2 Å². The molecule has 2 fully saturated rings. The Labute approximate surface area is 423 Å². The molecule has 2 heterocycles. The zero-order valence-corrected chi connectivity index (χ0v) is 41.6. The van der Waals surface area contributed by atoms with E-state index in [-0.39, 0.29) is 50.0 Å². The summed E-state index contributed by atoms with van der Waals surface area (Å²) in [5.74, 6) is -9.82. The Morgan fingerprint density at radius 2 is 1.33 bits per heavy atom. The number of aliphatic hydroxyl groups excluding tert-OH is 1. The van der Waals surface area contributed by atoms with Crippen LogP contribution in [-0.2, 0) is 67.2 Å². The number of ether oxygens (including phenoxy) is 1. The maximum Gasteiger partial charge on any atom is 0.329 e. The smallest absolute Gasteiger partial charge is 0.329 e. The number of aliphatic hydroxyl groups is 1. The molecule has 9 atom stereocenters. The van der Waals surface area contributed by atoms with Gasteiger partial charge in [0, 0.05) is 32.7 Å². The Kier molecular flexibility index (Phi) is 20.3. The molecule has 0 aromatic heterocycles. The number of carboxylic acid groups (broad SMARTS) is 1. The number of carboxylic acids is 1. The second kappa shape index (κ2) is 26.2. The lowest BCUT2D eigenvalue weighted by molar-refractivity contribution is -0.165. The Balaban J connectivity index is 1.64. The summed E-state index contributed by atoms with van der Waals surface area (Å²) in [6.07, 6.45) is -3.06. The van der Waals surface area contributed by atoms with Crippen LogP contribution >= 0.6 is 0 Å². The maximum atomic E-state index is 15.1. The maximum absolute atomic E-state index is 15.1. The molecule has 0 radical (unpaired) electrons. The molecule has 3 aromatic rings. The highest BCUT2D eigenvalue weighted by atomic mass is 16.5. The van der Waals surface area contributed by atoms with Crippen LogP contribution in [0.4, 0.5) is 0 Å². The van der Waals surface area contributed by atoms with Crippen LogP contribution in [0.2, 0.25) is 0 Å². The summed E-state index contributed by atoms with van der Waals surface area (Å²) in [4.78, 5) is 129. The number of aliphatic carboxylic acids is 1. The highest BCUT2D eigenvalue weighted by Gasteiger charge is 2.46. The second-order valence-electron chi connectivity index (χ2n) is 18.9. The zero-order valence-electron chi connectivity index (χ0n) is 41.6. The Morgan fingerprint density at radius 3 is 1.92 bits per heavy atom. The molecule has 21 nitrogen and oxygen atoms in total. The van der Waals surface area contributed by atoms with Crippen molar-refractivity contribution in [2.75, 3.05) is 7.05 Å². The number of nitrogens with zero attached hydrogens (tertiary/aromatic N) is 2. The van der Waals surface area contributed by atoms with E-state index >= 15 is 4.79 Å². The summed E-state index contributed by atoms with van der Waals surface area (Å²) in [5, 5.41) is 54.2. The van der Waals surface area contributed by atoms with Crippen LogP contribution < -0.4 is 26.6 Å². The van der Waals surface area contributed by atoms with Gasteiger partial charge >= 0.3 is 11.9 Å². The molecule has 0 saturated carbocycles. The molecular weight excluding hydrogens is 947 g/mol. The van der Waals surface area contributed by atoms with Crippen molar-refractivity contribution in [2.45, 2.75) is 147 Å². The number of esters is 1. The molecule has 9 N–H and O–H groups in total. The van der Waals surface area contributed by atoms with Crippen LogP contribution in [0.1, 0.15) is 89.3 Å². The molecule has 2 bridgehead atoms. The number of unbranched alkanes of at least 4 members (excludes halogenated alkanes) is 2. The number of amides is 7. The average molecular weight is 1010 g/mol. The van der Waals surface area contributed by atoms with E-state index in [0.29, 0.717) is 29.5 Å². The summed E-state index contributed by atoms with van der Waals surface area (Å²) in [5.41, 5.74) is 1.47.